The fraction of sp³-hybridized carbons (Fsp3) is 0.200. The van der Waals surface area contributed by atoms with Crippen LogP contribution >= 0.6 is 11.8 Å². The number of thioether (sulfide) groups is 1. The number of aromatic nitrogens is 1. The highest BCUT2D eigenvalue weighted by Gasteiger charge is 2.16. The van der Waals surface area contributed by atoms with Gasteiger partial charge in [-0.1, -0.05) is 6.07 Å². The van der Waals surface area contributed by atoms with Gasteiger partial charge in [0.1, 0.15) is 5.58 Å². The van der Waals surface area contributed by atoms with Gasteiger partial charge in [0.2, 0.25) is 5.91 Å². The number of nitrogens with one attached hydrogen (secondary N) is 1. The molecule has 5 heteroatoms. The number of pyridine rings is 1. The molecule has 0 atom stereocenters. The minimum Gasteiger partial charge on any atom is -0.464 e. The van der Waals surface area contributed by atoms with Crippen LogP contribution in [-0.2, 0) is 29.8 Å². The van der Waals surface area contributed by atoms with Crippen molar-refractivity contribution in [2.45, 2.75) is 36.3 Å². The molecule has 0 fully saturated rings. The number of hydrogen-bond acceptors (Lipinski definition) is 4. The van der Waals surface area contributed by atoms with Gasteiger partial charge in [-0.05, 0) is 78.4 Å². The zero-order chi connectivity index (χ0) is 20.3. The predicted molar refractivity (Wildman–Crippen MR) is 121 cm³/mol. The van der Waals surface area contributed by atoms with E-state index in [4.69, 9.17) is 4.42 Å². The second kappa shape index (κ2) is 8.36. The summed E-state index contributed by atoms with van der Waals surface area (Å²) in [6, 6.07) is 16.3. The minimum atomic E-state index is -0.0334. The third kappa shape index (κ3) is 4.12. The molecule has 30 heavy (non-hydrogen) atoms. The van der Waals surface area contributed by atoms with Crippen LogP contribution in [0.25, 0.3) is 11.0 Å². The summed E-state index contributed by atoms with van der Waals surface area (Å²) in [6.07, 6.45) is 9.14. The lowest BCUT2D eigenvalue weighted by Gasteiger charge is -2.07. The van der Waals surface area contributed by atoms with Gasteiger partial charge in [0.15, 0.2) is 0 Å². The van der Waals surface area contributed by atoms with Gasteiger partial charge in [-0.15, -0.1) is 11.8 Å². The Hall–Kier alpha value is -3.05. The summed E-state index contributed by atoms with van der Waals surface area (Å²) in [7, 11) is 0. The first-order valence-corrected chi connectivity index (χ1v) is 11.2. The van der Waals surface area contributed by atoms with Gasteiger partial charge >= 0.3 is 0 Å². The number of fused-ring (bicyclic) bond motifs is 2. The molecule has 0 unspecified atom stereocenters. The molecular formula is C25H22N2O2S. The number of carbonyl (C=O) groups is 1. The SMILES string of the molecule is O=C(Cc1coc2cc3c(cc12)CCC3)Nc1ccc(SCc2cccnc2)cc1. The molecule has 0 saturated heterocycles. The van der Waals surface area contributed by atoms with Gasteiger partial charge in [-0.2, -0.15) is 0 Å². The molecule has 0 radical (unpaired) electrons. The van der Waals surface area contributed by atoms with E-state index in [0.29, 0.717) is 6.42 Å². The minimum absolute atomic E-state index is 0.0334. The van der Waals surface area contributed by atoms with Gasteiger partial charge in [0.05, 0.1) is 12.7 Å². The summed E-state index contributed by atoms with van der Waals surface area (Å²) in [6.45, 7) is 0. The Morgan fingerprint density at radius 1 is 1.10 bits per heavy atom. The molecular weight excluding hydrogens is 392 g/mol. The monoisotopic (exact) mass is 414 g/mol. The Kier molecular flexibility index (Phi) is 5.28. The maximum atomic E-state index is 12.6. The van der Waals surface area contributed by atoms with Crippen molar-refractivity contribution in [1.82, 2.24) is 4.98 Å². The quantitative estimate of drug-likeness (QED) is 0.406. The van der Waals surface area contributed by atoms with Crippen molar-refractivity contribution in [2.24, 2.45) is 0 Å². The maximum Gasteiger partial charge on any atom is 0.228 e. The Balaban J connectivity index is 1.21. The number of nitrogens with zero attached hydrogens (tertiary/aromatic N) is 1. The highest BCUT2D eigenvalue weighted by molar-refractivity contribution is 7.98. The molecule has 2 aromatic heterocycles. The highest BCUT2D eigenvalue weighted by Crippen LogP contribution is 2.31. The third-order valence-electron chi connectivity index (χ3n) is 5.49. The molecule has 0 saturated carbocycles. The number of aryl methyl sites for hydroxylation is 2. The molecule has 4 nitrogen and oxygen atoms in total. The number of furan rings is 1. The van der Waals surface area contributed by atoms with E-state index < -0.39 is 0 Å². The summed E-state index contributed by atoms with van der Waals surface area (Å²) in [5, 5.41) is 4.06. The first kappa shape index (κ1) is 18.9. The molecule has 2 heterocycles. The van der Waals surface area contributed by atoms with Crippen LogP contribution < -0.4 is 5.32 Å². The van der Waals surface area contributed by atoms with Crippen LogP contribution in [0.3, 0.4) is 0 Å². The summed E-state index contributed by atoms with van der Waals surface area (Å²) >= 11 is 1.75. The fourth-order valence-corrected chi connectivity index (χ4v) is 4.78. The largest absolute Gasteiger partial charge is 0.464 e. The Bertz CT molecular complexity index is 1180. The number of rotatable bonds is 6. The second-order valence-corrected chi connectivity index (χ2v) is 8.68. The summed E-state index contributed by atoms with van der Waals surface area (Å²) < 4.78 is 5.72. The summed E-state index contributed by atoms with van der Waals surface area (Å²) in [5.74, 6) is 0.838. The zero-order valence-corrected chi connectivity index (χ0v) is 17.4. The molecule has 1 aliphatic rings. The molecule has 1 aliphatic carbocycles. The van der Waals surface area contributed by atoms with E-state index >= 15 is 0 Å². The van der Waals surface area contributed by atoms with Crippen LogP contribution in [0.4, 0.5) is 5.69 Å². The second-order valence-electron chi connectivity index (χ2n) is 7.63. The highest BCUT2D eigenvalue weighted by atomic mass is 32.2. The summed E-state index contributed by atoms with van der Waals surface area (Å²) in [4.78, 5) is 17.9. The zero-order valence-electron chi connectivity index (χ0n) is 16.6. The Morgan fingerprint density at radius 3 is 2.73 bits per heavy atom. The van der Waals surface area contributed by atoms with Gasteiger partial charge < -0.3 is 9.73 Å². The van der Waals surface area contributed by atoms with Crippen LogP contribution in [0, 0.1) is 0 Å². The first-order chi connectivity index (χ1) is 14.7. The number of amides is 1. The van der Waals surface area contributed by atoms with Crippen molar-refractivity contribution in [3.63, 3.8) is 0 Å². The van der Waals surface area contributed by atoms with Gasteiger partial charge in [0.25, 0.3) is 0 Å². The number of carbonyl (C=O) groups excluding carboxylic acids is 1. The van der Waals surface area contributed by atoms with Crippen molar-refractivity contribution in [3.05, 3.63) is 89.4 Å². The molecule has 4 aromatic rings. The van der Waals surface area contributed by atoms with E-state index in [2.05, 4.69) is 28.5 Å². The number of anilines is 1. The van der Waals surface area contributed by atoms with E-state index in [1.165, 1.54) is 23.1 Å². The van der Waals surface area contributed by atoms with Crippen molar-refractivity contribution < 1.29 is 9.21 Å². The van der Waals surface area contributed by atoms with E-state index in [0.717, 1.165) is 45.7 Å². The topological polar surface area (TPSA) is 55.1 Å². The fourth-order valence-electron chi connectivity index (χ4n) is 3.95. The molecule has 2 aromatic carbocycles. The standard InChI is InChI=1S/C25H22N2O2S/c28-25(13-20-15-29-24-12-19-5-1-4-18(19)11-23(20)24)27-21-6-8-22(9-7-21)30-16-17-3-2-10-26-14-17/h2-3,6-12,14-15H,1,4-5,13,16H2,(H,27,28). The van der Waals surface area contributed by atoms with Crippen molar-refractivity contribution >= 4 is 34.3 Å². The van der Waals surface area contributed by atoms with Crippen LogP contribution in [0.1, 0.15) is 28.7 Å². The van der Waals surface area contributed by atoms with Crippen molar-refractivity contribution in [3.8, 4) is 0 Å². The maximum absolute atomic E-state index is 12.6. The van der Waals surface area contributed by atoms with E-state index in [1.807, 2.05) is 36.5 Å². The van der Waals surface area contributed by atoms with Crippen LogP contribution in [0.5, 0.6) is 0 Å². The molecule has 1 N–H and O–H groups in total. The Labute approximate surface area is 179 Å². The van der Waals surface area contributed by atoms with Crippen LogP contribution in [0.15, 0.2) is 76.5 Å². The van der Waals surface area contributed by atoms with Crippen LogP contribution in [-0.4, -0.2) is 10.9 Å². The van der Waals surface area contributed by atoms with Gasteiger partial charge in [0, 0.05) is 39.7 Å². The van der Waals surface area contributed by atoms with E-state index in [9.17, 15) is 4.79 Å². The summed E-state index contributed by atoms with van der Waals surface area (Å²) in [5.41, 5.74) is 6.60. The average molecular weight is 415 g/mol. The third-order valence-corrected chi connectivity index (χ3v) is 6.57. The molecule has 0 spiro atoms. The van der Waals surface area contributed by atoms with E-state index in [1.54, 1.807) is 24.2 Å². The lowest BCUT2D eigenvalue weighted by molar-refractivity contribution is -0.115. The van der Waals surface area contributed by atoms with Crippen LogP contribution in [0.2, 0.25) is 0 Å². The van der Waals surface area contributed by atoms with Crippen molar-refractivity contribution in [1.29, 1.82) is 0 Å². The van der Waals surface area contributed by atoms with E-state index in [-0.39, 0.29) is 5.91 Å². The number of benzene rings is 2. The lowest BCUT2D eigenvalue weighted by atomic mass is 10.0. The molecule has 0 bridgehead atoms. The normalized spacial score (nSPS) is 12.8. The Morgan fingerprint density at radius 2 is 1.93 bits per heavy atom. The molecule has 0 aliphatic heterocycles. The molecule has 150 valence electrons. The number of hydrogen-bond donors (Lipinski definition) is 1. The predicted octanol–water partition coefficient (Wildman–Crippen LogP) is 5.79. The smallest absolute Gasteiger partial charge is 0.228 e. The first-order valence-electron chi connectivity index (χ1n) is 10.2. The van der Waals surface area contributed by atoms with Crippen molar-refractivity contribution in [2.75, 3.05) is 5.32 Å². The lowest BCUT2D eigenvalue weighted by Crippen LogP contribution is -2.14. The average Bonchev–Trinajstić information content (AvgIpc) is 3.39. The molecule has 5 rings (SSSR count). The molecule has 1 amide bonds. The van der Waals surface area contributed by atoms with Gasteiger partial charge in [-0.25, -0.2) is 0 Å². The van der Waals surface area contributed by atoms with Gasteiger partial charge in [-0.3, -0.25) is 9.78 Å².